The highest BCUT2D eigenvalue weighted by Crippen LogP contribution is 2.23. The molecule has 5 nitrogen and oxygen atoms in total. The lowest BCUT2D eigenvalue weighted by Gasteiger charge is -2.30. The zero-order valence-electron chi connectivity index (χ0n) is 15.0. The Kier molecular flexibility index (Phi) is 5.57. The average molecular weight is 372 g/mol. The lowest BCUT2D eigenvalue weighted by molar-refractivity contribution is -0.127. The first-order chi connectivity index (χ1) is 12.5. The van der Waals surface area contributed by atoms with Crippen molar-refractivity contribution in [2.45, 2.75) is 19.8 Å². The normalized spacial score (nSPS) is 15.6. The highest BCUT2D eigenvalue weighted by atomic mass is 35.5. The quantitative estimate of drug-likeness (QED) is 0.610. The molecule has 2 aromatic rings. The number of hydrogen-bond donors (Lipinski definition) is 0. The number of amides is 1. The van der Waals surface area contributed by atoms with E-state index in [0.717, 1.165) is 16.8 Å². The molecular formula is C20H22ClN3O2. The van der Waals surface area contributed by atoms with Gasteiger partial charge in [-0.05, 0) is 25.8 Å². The molecule has 0 radical (unpaired) electrons. The van der Waals surface area contributed by atoms with Crippen LogP contribution in [0.3, 0.4) is 0 Å². The van der Waals surface area contributed by atoms with Gasteiger partial charge in [0.2, 0.25) is 5.91 Å². The summed E-state index contributed by atoms with van der Waals surface area (Å²) in [6, 6.07) is 9.36. The number of halogens is 1. The monoisotopic (exact) mass is 371 g/mol. The summed E-state index contributed by atoms with van der Waals surface area (Å²) in [5, 5.41) is 4.74. The average Bonchev–Trinajstić information content (AvgIpc) is 2.91. The SMILES string of the molecule is Cc1nn(C)c(Cl)c1/C=C/C(=O)N1CCC(C(=O)c2ccccc2)CC1. The van der Waals surface area contributed by atoms with E-state index in [-0.39, 0.29) is 17.6 Å². The summed E-state index contributed by atoms with van der Waals surface area (Å²) in [6.07, 6.45) is 4.64. The van der Waals surface area contributed by atoms with Crippen LogP contribution in [0.2, 0.25) is 5.15 Å². The van der Waals surface area contributed by atoms with Crippen molar-refractivity contribution in [3.63, 3.8) is 0 Å². The molecule has 0 atom stereocenters. The Labute approximate surface area is 158 Å². The molecule has 1 aromatic carbocycles. The van der Waals surface area contributed by atoms with E-state index in [9.17, 15) is 9.59 Å². The molecule has 0 saturated carbocycles. The summed E-state index contributed by atoms with van der Waals surface area (Å²) in [7, 11) is 1.77. The van der Waals surface area contributed by atoms with Crippen LogP contribution in [0.5, 0.6) is 0 Å². The van der Waals surface area contributed by atoms with Crippen molar-refractivity contribution in [2.75, 3.05) is 13.1 Å². The molecule has 136 valence electrons. The van der Waals surface area contributed by atoms with Crippen molar-refractivity contribution in [1.82, 2.24) is 14.7 Å². The molecule has 1 fully saturated rings. The second-order valence-corrected chi connectivity index (χ2v) is 6.93. The molecule has 26 heavy (non-hydrogen) atoms. The third kappa shape index (κ3) is 3.88. The minimum absolute atomic E-state index is 0.0135. The van der Waals surface area contributed by atoms with Crippen LogP contribution in [0.25, 0.3) is 6.08 Å². The maximum absolute atomic E-state index is 12.5. The summed E-state index contributed by atoms with van der Waals surface area (Å²) in [5.74, 6) is 0.0985. The number of rotatable bonds is 4. The predicted molar refractivity (Wildman–Crippen MR) is 102 cm³/mol. The van der Waals surface area contributed by atoms with E-state index < -0.39 is 0 Å². The maximum Gasteiger partial charge on any atom is 0.246 e. The van der Waals surface area contributed by atoms with Gasteiger partial charge in [0.15, 0.2) is 5.78 Å². The van der Waals surface area contributed by atoms with E-state index in [2.05, 4.69) is 5.10 Å². The van der Waals surface area contributed by atoms with E-state index in [4.69, 9.17) is 11.6 Å². The lowest BCUT2D eigenvalue weighted by atomic mass is 9.89. The third-order valence-corrected chi connectivity index (χ3v) is 5.27. The number of likely N-dealkylation sites (tertiary alicyclic amines) is 1. The lowest BCUT2D eigenvalue weighted by Crippen LogP contribution is -2.39. The number of hydrogen-bond acceptors (Lipinski definition) is 3. The van der Waals surface area contributed by atoms with Crippen LogP contribution in [-0.2, 0) is 11.8 Å². The summed E-state index contributed by atoms with van der Waals surface area (Å²) in [4.78, 5) is 26.7. The van der Waals surface area contributed by atoms with Crippen molar-refractivity contribution < 1.29 is 9.59 Å². The molecule has 0 aliphatic carbocycles. The van der Waals surface area contributed by atoms with Gasteiger partial charge in [-0.25, -0.2) is 0 Å². The second-order valence-electron chi connectivity index (χ2n) is 6.58. The smallest absolute Gasteiger partial charge is 0.246 e. The number of aryl methyl sites for hydroxylation is 2. The molecule has 3 rings (SSSR count). The predicted octanol–water partition coefficient (Wildman–Crippen LogP) is 3.52. The first-order valence-electron chi connectivity index (χ1n) is 8.72. The van der Waals surface area contributed by atoms with Crippen molar-refractivity contribution in [1.29, 1.82) is 0 Å². The number of aromatic nitrogens is 2. The Bertz CT molecular complexity index is 834. The van der Waals surface area contributed by atoms with Gasteiger partial charge in [0.1, 0.15) is 5.15 Å². The minimum atomic E-state index is -0.0603. The summed E-state index contributed by atoms with van der Waals surface area (Å²) in [6.45, 7) is 3.04. The highest BCUT2D eigenvalue weighted by Gasteiger charge is 2.27. The number of Topliss-reactive ketones (excluding diaryl/α,β-unsaturated/α-hetero) is 1. The number of benzene rings is 1. The third-order valence-electron chi connectivity index (χ3n) is 4.82. The Morgan fingerprint density at radius 1 is 1.19 bits per heavy atom. The highest BCUT2D eigenvalue weighted by molar-refractivity contribution is 6.31. The molecule has 1 amide bonds. The zero-order valence-corrected chi connectivity index (χ0v) is 15.7. The molecule has 1 aliphatic rings. The number of ketones is 1. The fraction of sp³-hybridized carbons (Fsp3) is 0.350. The molecule has 0 spiro atoms. The van der Waals surface area contributed by atoms with Gasteiger partial charge >= 0.3 is 0 Å². The van der Waals surface area contributed by atoms with Crippen LogP contribution in [0.15, 0.2) is 36.4 Å². The summed E-state index contributed by atoms with van der Waals surface area (Å²) in [5.41, 5.74) is 2.30. The molecule has 6 heteroatoms. The van der Waals surface area contributed by atoms with Crippen LogP contribution in [0.4, 0.5) is 0 Å². The van der Waals surface area contributed by atoms with Crippen molar-refractivity contribution in [2.24, 2.45) is 13.0 Å². The standard InChI is InChI=1S/C20H22ClN3O2/c1-14-17(20(21)23(2)22-14)8-9-18(25)24-12-10-16(11-13-24)19(26)15-6-4-3-5-7-15/h3-9,16H,10-13H2,1-2H3/b9-8+. The van der Waals surface area contributed by atoms with E-state index >= 15 is 0 Å². The Morgan fingerprint density at radius 2 is 1.85 bits per heavy atom. The summed E-state index contributed by atoms with van der Waals surface area (Å²) < 4.78 is 1.59. The van der Waals surface area contributed by atoms with Gasteiger partial charge in [0, 0.05) is 43.3 Å². The van der Waals surface area contributed by atoms with Crippen LogP contribution in [0.1, 0.15) is 34.5 Å². The number of piperidine rings is 1. The molecule has 1 aromatic heterocycles. The number of nitrogens with zero attached hydrogens (tertiary/aromatic N) is 3. The number of carbonyl (C=O) groups excluding carboxylic acids is 2. The molecule has 0 N–H and O–H groups in total. The Hall–Kier alpha value is -2.40. The molecule has 1 saturated heterocycles. The van der Waals surface area contributed by atoms with E-state index in [1.807, 2.05) is 37.3 Å². The molecular weight excluding hydrogens is 350 g/mol. The van der Waals surface area contributed by atoms with Crippen molar-refractivity contribution >= 4 is 29.4 Å². The van der Waals surface area contributed by atoms with Gasteiger partial charge in [-0.2, -0.15) is 5.10 Å². The second kappa shape index (κ2) is 7.87. The van der Waals surface area contributed by atoms with Gasteiger partial charge in [-0.1, -0.05) is 41.9 Å². The Balaban J connectivity index is 1.58. The maximum atomic E-state index is 12.5. The first kappa shape index (κ1) is 18.4. The van der Waals surface area contributed by atoms with Gasteiger partial charge in [-0.15, -0.1) is 0 Å². The van der Waals surface area contributed by atoms with Crippen molar-refractivity contribution in [3.8, 4) is 0 Å². The van der Waals surface area contributed by atoms with Gasteiger partial charge in [-0.3, -0.25) is 14.3 Å². The molecule has 0 bridgehead atoms. The number of carbonyl (C=O) groups is 2. The van der Waals surface area contributed by atoms with Crippen molar-refractivity contribution in [3.05, 3.63) is 58.4 Å². The first-order valence-corrected chi connectivity index (χ1v) is 9.10. The van der Waals surface area contributed by atoms with Crippen LogP contribution in [0, 0.1) is 12.8 Å². The topological polar surface area (TPSA) is 55.2 Å². The molecule has 2 heterocycles. The van der Waals surface area contributed by atoms with Gasteiger partial charge in [0.05, 0.1) is 5.69 Å². The van der Waals surface area contributed by atoms with Crippen LogP contribution in [-0.4, -0.2) is 39.5 Å². The summed E-state index contributed by atoms with van der Waals surface area (Å²) >= 11 is 6.18. The minimum Gasteiger partial charge on any atom is -0.339 e. The van der Waals surface area contributed by atoms with E-state index in [0.29, 0.717) is 31.1 Å². The van der Waals surface area contributed by atoms with Gasteiger partial charge in [0.25, 0.3) is 0 Å². The molecule has 1 aliphatic heterocycles. The fourth-order valence-electron chi connectivity index (χ4n) is 3.30. The Morgan fingerprint density at radius 3 is 2.42 bits per heavy atom. The zero-order chi connectivity index (χ0) is 18.7. The van der Waals surface area contributed by atoms with Gasteiger partial charge < -0.3 is 4.90 Å². The largest absolute Gasteiger partial charge is 0.339 e. The molecule has 0 unspecified atom stereocenters. The van der Waals surface area contributed by atoms with Crippen LogP contribution < -0.4 is 0 Å². The van der Waals surface area contributed by atoms with E-state index in [1.165, 1.54) is 6.08 Å². The van der Waals surface area contributed by atoms with E-state index in [1.54, 1.807) is 22.7 Å². The fourth-order valence-corrected chi connectivity index (χ4v) is 3.53. The van der Waals surface area contributed by atoms with Crippen LogP contribution >= 0.6 is 11.6 Å².